The van der Waals surface area contributed by atoms with Crippen molar-refractivity contribution in [1.82, 2.24) is 19.8 Å². The van der Waals surface area contributed by atoms with E-state index in [0.29, 0.717) is 25.1 Å². The van der Waals surface area contributed by atoms with E-state index in [1.54, 1.807) is 18.2 Å². The van der Waals surface area contributed by atoms with Crippen LogP contribution in [0.2, 0.25) is 0 Å². The third-order valence-electron chi connectivity index (χ3n) is 7.66. The van der Waals surface area contributed by atoms with Crippen molar-refractivity contribution in [2.75, 3.05) is 49.5 Å². The Bertz CT molecular complexity index is 995. The molecule has 4 heterocycles. The molecule has 0 radical (unpaired) electrons. The highest BCUT2D eigenvalue weighted by molar-refractivity contribution is 5.94. The maximum absolute atomic E-state index is 14.2. The number of benzene rings is 1. The summed E-state index contributed by atoms with van der Waals surface area (Å²) >= 11 is 0. The molecule has 1 aromatic carbocycles. The predicted molar refractivity (Wildman–Crippen MR) is 136 cm³/mol. The number of likely N-dealkylation sites (tertiary alicyclic amines) is 2. The molecule has 3 aliphatic rings. The number of nitrogens with one attached hydrogen (secondary N) is 1. The molecule has 2 aromatic rings. The number of hydrogen-bond donors (Lipinski definition) is 1. The van der Waals surface area contributed by atoms with Crippen molar-refractivity contribution in [3.63, 3.8) is 0 Å². The summed E-state index contributed by atoms with van der Waals surface area (Å²) in [7, 11) is 0. The summed E-state index contributed by atoms with van der Waals surface area (Å²) in [5.74, 6) is 1.09. The minimum Gasteiger partial charge on any atom is -0.356 e. The normalized spacial score (nSPS) is 24.1. The first-order valence-corrected chi connectivity index (χ1v) is 13.3. The molecule has 188 valence electrons. The smallest absolute Gasteiger partial charge is 0.256 e. The second-order valence-electron chi connectivity index (χ2n) is 10.1. The molecule has 0 bridgehead atoms. The number of carbonyl (C=O) groups excluding carboxylic acids is 1. The van der Waals surface area contributed by atoms with Crippen LogP contribution in [0.1, 0.15) is 61.7 Å². The lowest BCUT2D eigenvalue weighted by molar-refractivity contribution is 0.0522. The number of nitrogens with zero attached hydrogens (tertiary/aromatic N) is 5. The molecule has 7 nitrogen and oxygen atoms in total. The first kappa shape index (κ1) is 24.0. The van der Waals surface area contributed by atoms with Crippen LogP contribution in [-0.2, 0) is 0 Å². The number of halogens is 1. The van der Waals surface area contributed by atoms with Gasteiger partial charge in [0.2, 0.25) is 5.95 Å². The molecular formula is C27H37FN6O. The van der Waals surface area contributed by atoms with Crippen molar-refractivity contribution in [1.29, 1.82) is 0 Å². The van der Waals surface area contributed by atoms with E-state index in [1.807, 2.05) is 17.2 Å². The lowest BCUT2D eigenvalue weighted by Gasteiger charge is -2.43. The fraction of sp³-hybridized carbons (Fsp3) is 0.593. The maximum atomic E-state index is 14.2. The third-order valence-corrected chi connectivity index (χ3v) is 7.66. The van der Waals surface area contributed by atoms with Gasteiger partial charge in [-0.1, -0.05) is 25.0 Å². The monoisotopic (exact) mass is 480 g/mol. The van der Waals surface area contributed by atoms with Gasteiger partial charge in [0.1, 0.15) is 11.6 Å². The average Bonchev–Trinajstić information content (AvgIpc) is 3.19. The number of aromatic nitrogens is 2. The number of piperidine rings is 2. The molecule has 3 saturated heterocycles. The molecule has 0 spiro atoms. The van der Waals surface area contributed by atoms with Gasteiger partial charge in [0.05, 0.1) is 5.56 Å². The van der Waals surface area contributed by atoms with Gasteiger partial charge < -0.3 is 15.1 Å². The number of anilines is 2. The van der Waals surface area contributed by atoms with Crippen LogP contribution in [0.15, 0.2) is 36.5 Å². The number of amides is 1. The summed E-state index contributed by atoms with van der Waals surface area (Å²) in [5, 5.41) is 3.59. The van der Waals surface area contributed by atoms with E-state index >= 15 is 0 Å². The van der Waals surface area contributed by atoms with Gasteiger partial charge in [-0.3, -0.25) is 9.69 Å². The van der Waals surface area contributed by atoms with E-state index < -0.39 is 5.82 Å². The van der Waals surface area contributed by atoms with Gasteiger partial charge in [-0.2, -0.15) is 4.98 Å². The maximum Gasteiger partial charge on any atom is 0.256 e. The first-order chi connectivity index (χ1) is 17.2. The Hall–Kier alpha value is -2.74. The van der Waals surface area contributed by atoms with Gasteiger partial charge in [-0.05, 0) is 63.3 Å². The van der Waals surface area contributed by atoms with Crippen LogP contribution >= 0.6 is 0 Å². The Morgan fingerprint density at radius 2 is 1.71 bits per heavy atom. The molecule has 8 heteroatoms. The fourth-order valence-electron chi connectivity index (χ4n) is 5.78. The molecule has 0 aliphatic carbocycles. The predicted octanol–water partition coefficient (Wildman–Crippen LogP) is 4.18. The fourth-order valence-corrected chi connectivity index (χ4v) is 5.78. The molecule has 1 aromatic heterocycles. The average molecular weight is 481 g/mol. The standard InChI is InChI=1S/C27H37FN6O/c28-24-12-4-3-11-23(24)26(35)34-18-8-10-22(20-34)33-17-7-9-21(19-33)30-27-29-14-13-25(31-27)32-15-5-1-2-6-16-32/h3-4,11-14,21-22H,1-2,5-10,15-20H2,(H,29,30,31). The molecule has 3 aliphatic heterocycles. The van der Waals surface area contributed by atoms with Crippen LogP contribution in [0, 0.1) is 5.82 Å². The number of hydrogen-bond acceptors (Lipinski definition) is 6. The van der Waals surface area contributed by atoms with Crippen molar-refractivity contribution in [2.45, 2.75) is 63.5 Å². The summed E-state index contributed by atoms with van der Waals surface area (Å²) in [5.41, 5.74) is 0.174. The zero-order valence-corrected chi connectivity index (χ0v) is 20.5. The van der Waals surface area contributed by atoms with E-state index in [4.69, 9.17) is 4.98 Å². The lowest BCUT2D eigenvalue weighted by atomic mass is 9.98. The summed E-state index contributed by atoms with van der Waals surface area (Å²) in [6.45, 7) is 5.41. The highest BCUT2D eigenvalue weighted by Gasteiger charge is 2.32. The zero-order valence-electron chi connectivity index (χ0n) is 20.5. The molecule has 2 unspecified atom stereocenters. The van der Waals surface area contributed by atoms with Crippen LogP contribution in [0.5, 0.6) is 0 Å². The Morgan fingerprint density at radius 1 is 0.914 bits per heavy atom. The topological polar surface area (TPSA) is 64.6 Å². The van der Waals surface area contributed by atoms with Crippen LogP contribution in [0.3, 0.4) is 0 Å². The Morgan fingerprint density at radius 3 is 2.54 bits per heavy atom. The van der Waals surface area contributed by atoms with Crippen LogP contribution in [0.25, 0.3) is 0 Å². The van der Waals surface area contributed by atoms with Gasteiger partial charge in [-0.15, -0.1) is 0 Å². The van der Waals surface area contributed by atoms with Crippen molar-refractivity contribution in [3.05, 3.63) is 47.9 Å². The summed E-state index contributed by atoms with van der Waals surface area (Å²) in [6, 6.07) is 8.89. The minimum absolute atomic E-state index is 0.174. The molecule has 5 rings (SSSR count). The first-order valence-electron chi connectivity index (χ1n) is 13.3. The van der Waals surface area contributed by atoms with E-state index in [2.05, 4.69) is 20.1 Å². The summed E-state index contributed by atoms with van der Waals surface area (Å²) < 4.78 is 14.2. The second-order valence-corrected chi connectivity index (χ2v) is 10.1. The molecule has 35 heavy (non-hydrogen) atoms. The minimum atomic E-state index is -0.440. The van der Waals surface area contributed by atoms with Crippen LogP contribution < -0.4 is 10.2 Å². The van der Waals surface area contributed by atoms with Gasteiger partial charge >= 0.3 is 0 Å². The van der Waals surface area contributed by atoms with Gasteiger partial charge in [0.15, 0.2) is 0 Å². The van der Waals surface area contributed by atoms with Crippen LogP contribution in [0.4, 0.5) is 16.2 Å². The van der Waals surface area contributed by atoms with Crippen molar-refractivity contribution < 1.29 is 9.18 Å². The lowest BCUT2D eigenvalue weighted by Crippen LogP contribution is -2.54. The van der Waals surface area contributed by atoms with Crippen molar-refractivity contribution in [2.24, 2.45) is 0 Å². The summed E-state index contributed by atoms with van der Waals surface area (Å²) in [4.78, 5) is 29.0. The highest BCUT2D eigenvalue weighted by Crippen LogP contribution is 2.24. The zero-order chi connectivity index (χ0) is 24.0. The van der Waals surface area contributed by atoms with Gasteiger partial charge in [-0.25, -0.2) is 9.37 Å². The van der Waals surface area contributed by atoms with Gasteiger partial charge in [0, 0.05) is 51.0 Å². The SMILES string of the molecule is O=C(c1ccccc1F)N1CCCC(N2CCCC(Nc3nccc(N4CCCCCC4)n3)C2)C1. The Kier molecular flexibility index (Phi) is 7.76. The van der Waals surface area contributed by atoms with E-state index in [-0.39, 0.29) is 17.5 Å². The molecule has 3 fully saturated rings. The van der Waals surface area contributed by atoms with Crippen molar-refractivity contribution in [3.8, 4) is 0 Å². The molecule has 1 N–H and O–H groups in total. The molecule has 1 amide bonds. The molecule has 2 atom stereocenters. The summed E-state index contributed by atoms with van der Waals surface area (Å²) in [6.07, 6.45) is 11.1. The Labute approximate surface area is 207 Å². The third kappa shape index (κ3) is 5.92. The molecule has 0 saturated carbocycles. The quantitative estimate of drug-likeness (QED) is 0.693. The molecular weight excluding hydrogens is 443 g/mol. The van der Waals surface area contributed by atoms with Gasteiger partial charge in [0.25, 0.3) is 5.91 Å². The van der Waals surface area contributed by atoms with E-state index in [9.17, 15) is 9.18 Å². The second kappa shape index (κ2) is 11.3. The highest BCUT2D eigenvalue weighted by atomic mass is 19.1. The van der Waals surface area contributed by atoms with E-state index in [1.165, 1.54) is 31.7 Å². The van der Waals surface area contributed by atoms with E-state index in [0.717, 1.165) is 57.7 Å². The number of rotatable bonds is 5. The Balaban J connectivity index is 1.20. The van der Waals surface area contributed by atoms with Crippen LogP contribution in [-0.4, -0.2) is 77.0 Å². The largest absolute Gasteiger partial charge is 0.356 e. The van der Waals surface area contributed by atoms with Crippen molar-refractivity contribution >= 4 is 17.7 Å². The number of carbonyl (C=O) groups is 1.